The van der Waals surface area contributed by atoms with E-state index in [4.69, 9.17) is 13.6 Å². The first-order valence-corrected chi connectivity index (χ1v) is 3.01. The van der Waals surface area contributed by atoms with E-state index < -0.39 is 6.09 Å². The van der Waals surface area contributed by atoms with Crippen molar-refractivity contribution in [2.45, 2.75) is 0 Å². The zero-order valence-corrected chi connectivity index (χ0v) is 5.78. The van der Waals surface area contributed by atoms with Crippen molar-refractivity contribution in [3.05, 3.63) is 24.3 Å². The second-order valence-corrected chi connectivity index (χ2v) is 1.99. The minimum absolute atomic E-state index is 0.395. The number of ether oxygens (including phenoxy) is 1. The second-order valence-electron chi connectivity index (χ2n) is 1.99. The van der Waals surface area contributed by atoms with Crippen LogP contribution >= 0.6 is 0 Å². The van der Waals surface area contributed by atoms with Gasteiger partial charge in [-0.25, -0.2) is 4.79 Å². The van der Waals surface area contributed by atoms with Crippen molar-refractivity contribution in [2.75, 3.05) is 0 Å². The van der Waals surface area contributed by atoms with Gasteiger partial charge >= 0.3 is 6.09 Å². The molecule has 0 bridgehead atoms. The Morgan fingerprint density at radius 1 is 1.36 bits per heavy atom. The minimum Gasteiger partial charge on any atom is -0.411 e. The van der Waals surface area contributed by atoms with Crippen LogP contribution in [0.3, 0.4) is 0 Å². The van der Waals surface area contributed by atoms with E-state index in [0.717, 1.165) is 0 Å². The molecule has 0 heterocycles. The summed E-state index contributed by atoms with van der Waals surface area (Å²) in [6, 6.07) is 6.39. The molecular weight excluding hydrogens is 141 g/mol. The lowest BCUT2D eigenvalue weighted by atomic mass is 9.97. The third-order valence-electron chi connectivity index (χ3n) is 1.10. The van der Waals surface area contributed by atoms with Crippen LogP contribution in [-0.2, 0) is 0 Å². The number of benzene rings is 1. The van der Waals surface area contributed by atoms with Crippen LogP contribution in [0.4, 0.5) is 4.79 Å². The Kier molecular flexibility index (Phi) is 2.16. The summed E-state index contributed by atoms with van der Waals surface area (Å²) in [5, 5.41) is 0. The molecule has 0 saturated heterocycles. The molecule has 1 aromatic carbocycles. The maximum atomic E-state index is 10.2. The van der Waals surface area contributed by atoms with Gasteiger partial charge in [-0.2, -0.15) is 0 Å². The van der Waals surface area contributed by atoms with Crippen LogP contribution in [0.1, 0.15) is 0 Å². The van der Waals surface area contributed by atoms with Crippen molar-refractivity contribution in [2.24, 2.45) is 5.73 Å². The fraction of sp³-hybridized carbons (Fsp3) is 0. The maximum Gasteiger partial charge on any atom is 0.409 e. The summed E-state index contributed by atoms with van der Waals surface area (Å²) < 4.78 is 4.55. The number of carbonyl (C=O) groups is 1. The zero-order valence-electron chi connectivity index (χ0n) is 5.78. The lowest BCUT2D eigenvalue weighted by Gasteiger charge is -1.99. The number of hydrogen-bond donors (Lipinski definition) is 1. The summed E-state index contributed by atoms with van der Waals surface area (Å²) in [5.41, 5.74) is 5.38. The quantitative estimate of drug-likeness (QED) is 0.565. The summed E-state index contributed by atoms with van der Waals surface area (Å²) in [6.07, 6.45) is -0.824. The van der Waals surface area contributed by atoms with Gasteiger partial charge in [-0.3, -0.25) is 0 Å². The molecule has 0 atom stereocenters. The second kappa shape index (κ2) is 3.10. The molecule has 2 N–H and O–H groups in total. The molecule has 54 valence electrons. The topological polar surface area (TPSA) is 52.3 Å². The molecule has 0 spiro atoms. The molecule has 1 aromatic rings. The van der Waals surface area contributed by atoms with Gasteiger partial charge in [0, 0.05) is 0 Å². The highest BCUT2D eigenvalue weighted by Crippen LogP contribution is 2.05. The molecule has 4 heteroatoms. The van der Waals surface area contributed by atoms with Crippen LogP contribution < -0.4 is 15.9 Å². The molecule has 0 saturated carbocycles. The largest absolute Gasteiger partial charge is 0.411 e. The number of amides is 1. The third kappa shape index (κ3) is 2.33. The van der Waals surface area contributed by atoms with Crippen LogP contribution in [0.25, 0.3) is 0 Å². The standard InChI is InChI=1S/C7H6BNO2/c8-5-1-3-6(4-2-5)11-7(9)10/h1-4H,(H2,9,10). The highest BCUT2D eigenvalue weighted by Gasteiger charge is 1.95. The third-order valence-corrected chi connectivity index (χ3v) is 1.10. The maximum absolute atomic E-state index is 10.2. The van der Waals surface area contributed by atoms with Crippen molar-refractivity contribution in [3.63, 3.8) is 0 Å². The number of hydrogen-bond acceptors (Lipinski definition) is 2. The van der Waals surface area contributed by atoms with Crippen molar-refractivity contribution in [1.82, 2.24) is 0 Å². The Bertz CT molecular complexity index is 258. The summed E-state index contributed by atoms with van der Waals surface area (Å²) in [6.45, 7) is 0. The number of primary amides is 1. The molecule has 0 fully saturated rings. The first-order valence-electron chi connectivity index (χ1n) is 3.01. The highest BCUT2D eigenvalue weighted by atomic mass is 16.5. The van der Waals surface area contributed by atoms with Gasteiger partial charge in [0.25, 0.3) is 0 Å². The van der Waals surface area contributed by atoms with E-state index in [9.17, 15) is 4.79 Å². The van der Waals surface area contributed by atoms with Crippen molar-refractivity contribution in [3.8, 4) is 5.75 Å². The summed E-state index contributed by atoms with van der Waals surface area (Å²) in [5.74, 6) is 0.395. The highest BCUT2D eigenvalue weighted by molar-refractivity contribution is 6.32. The van der Waals surface area contributed by atoms with E-state index in [1.54, 1.807) is 24.3 Å². The lowest BCUT2D eigenvalue weighted by Crippen LogP contribution is -2.16. The molecule has 11 heavy (non-hydrogen) atoms. The molecule has 0 unspecified atom stereocenters. The average molecular weight is 147 g/mol. The molecule has 0 aliphatic carbocycles. The Balaban J connectivity index is 2.74. The van der Waals surface area contributed by atoms with Gasteiger partial charge in [-0.1, -0.05) is 17.6 Å². The van der Waals surface area contributed by atoms with E-state index in [0.29, 0.717) is 11.2 Å². The molecule has 3 nitrogen and oxygen atoms in total. The molecule has 0 aromatic heterocycles. The van der Waals surface area contributed by atoms with Crippen LogP contribution in [0.2, 0.25) is 0 Å². The monoisotopic (exact) mass is 147 g/mol. The predicted molar refractivity (Wildman–Crippen MR) is 42.0 cm³/mol. The van der Waals surface area contributed by atoms with E-state index >= 15 is 0 Å². The number of nitrogens with two attached hydrogens (primary N) is 1. The average Bonchev–Trinajstić information content (AvgIpc) is 1.93. The first kappa shape index (κ1) is 7.66. The fourth-order valence-corrected chi connectivity index (χ4v) is 0.652. The predicted octanol–water partition coefficient (Wildman–Crippen LogP) is -0.0621. The van der Waals surface area contributed by atoms with Gasteiger partial charge in [-0.05, 0) is 12.1 Å². The molecule has 2 radical (unpaired) electrons. The Morgan fingerprint density at radius 2 is 1.91 bits per heavy atom. The summed E-state index contributed by atoms with van der Waals surface area (Å²) in [4.78, 5) is 10.2. The summed E-state index contributed by atoms with van der Waals surface area (Å²) in [7, 11) is 5.39. The Labute approximate surface area is 65.6 Å². The van der Waals surface area contributed by atoms with Gasteiger partial charge in [0.15, 0.2) is 0 Å². The Hall–Kier alpha value is -1.45. The van der Waals surface area contributed by atoms with Gasteiger partial charge in [0.2, 0.25) is 0 Å². The van der Waals surface area contributed by atoms with E-state index in [1.807, 2.05) is 0 Å². The van der Waals surface area contributed by atoms with Crippen LogP contribution in [0.5, 0.6) is 5.75 Å². The lowest BCUT2D eigenvalue weighted by molar-refractivity contribution is 0.211. The first-order chi connectivity index (χ1) is 5.18. The Morgan fingerprint density at radius 3 is 2.36 bits per heavy atom. The molecule has 0 aliphatic rings. The number of carbonyl (C=O) groups excluding carboxylic acids is 1. The zero-order chi connectivity index (χ0) is 8.27. The smallest absolute Gasteiger partial charge is 0.409 e. The van der Waals surface area contributed by atoms with Gasteiger partial charge in [-0.15, -0.1) is 0 Å². The van der Waals surface area contributed by atoms with Crippen molar-refractivity contribution >= 4 is 19.4 Å². The van der Waals surface area contributed by atoms with E-state index in [2.05, 4.69) is 4.74 Å². The van der Waals surface area contributed by atoms with Crippen molar-refractivity contribution in [1.29, 1.82) is 0 Å². The SMILES string of the molecule is [B]c1ccc(OC(N)=O)cc1. The van der Waals surface area contributed by atoms with Crippen LogP contribution in [-0.4, -0.2) is 13.9 Å². The molecule has 0 aliphatic heterocycles. The molecule has 1 rings (SSSR count). The van der Waals surface area contributed by atoms with Gasteiger partial charge in [0.1, 0.15) is 13.6 Å². The normalized spacial score (nSPS) is 9.09. The molecule has 1 amide bonds. The van der Waals surface area contributed by atoms with Gasteiger partial charge < -0.3 is 10.5 Å². The van der Waals surface area contributed by atoms with E-state index in [1.165, 1.54) is 0 Å². The minimum atomic E-state index is -0.824. The van der Waals surface area contributed by atoms with E-state index in [-0.39, 0.29) is 0 Å². The van der Waals surface area contributed by atoms with Crippen molar-refractivity contribution < 1.29 is 9.53 Å². The van der Waals surface area contributed by atoms with Crippen LogP contribution in [0, 0.1) is 0 Å². The fourth-order valence-electron chi connectivity index (χ4n) is 0.652. The van der Waals surface area contributed by atoms with Gasteiger partial charge in [0.05, 0.1) is 0 Å². The molecular formula is C7H6BNO2. The summed E-state index contributed by atoms with van der Waals surface area (Å²) >= 11 is 0. The van der Waals surface area contributed by atoms with Crippen LogP contribution in [0.15, 0.2) is 24.3 Å². The number of rotatable bonds is 1.